The highest BCUT2D eigenvalue weighted by Gasteiger charge is 2.40. The molecule has 3 aromatic rings. The van der Waals surface area contributed by atoms with Gasteiger partial charge in [0.25, 0.3) is 5.91 Å². The lowest BCUT2D eigenvalue weighted by Crippen LogP contribution is -2.51. The number of nitrogens with one attached hydrogen (secondary N) is 1. The Morgan fingerprint density at radius 2 is 1.96 bits per heavy atom. The van der Waals surface area contributed by atoms with Crippen molar-refractivity contribution in [1.82, 2.24) is 19.9 Å². The van der Waals surface area contributed by atoms with Gasteiger partial charge in [0.1, 0.15) is 5.56 Å². The van der Waals surface area contributed by atoms with Crippen LogP contribution in [0.5, 0.6) is 0 Å². The molecule has 0 aliphatic carbocycles. The first-order valence-electron chi connectivity index (χ1n) is 7.89. The quantitative estimate of drug-likeness (QED) is 0.743. The fourth-order valence-corrected chi connectivity index (χ4v) is 2.80. The zero-order valence-corrected chi connectivity index (χ0v) is 13.9. The molecule has 0 saturated heterocycles. The monoisotopic (exact) mass is 338 g/mol. The lowest BCUT2D eigenvalue weighted by molar-refractivity contribution is -0.145. The Bertz CT molecular complexity index is 936. The van der Waals surface area contributed by atoms with E-state index in [2.05, 4.69) is 15.4 Å². The number of carbonyl (C=O) groups excluding carboxylic acids is 1. The van der Waals surface area contributed by atoms with E-state index >= 15 is 0 Å². The summed E-state index contributed by atoms with van der Waals surface area (Å²) in [5.41, 5.74) is 0.512. The summed E-state index contributed by atoms with van der Waals surface area (Å²) < 4.78 is 1.50. The number of aromatic nitrogens is 3. The smallest absolute Gasteiger partial charge is 0.334 e. The summed E-state index contributed by atoms with van der Waals surface area (Å²) >= 11 is 0. The SMILES string of the molecule is CCC(NC(=O)c1cnn2cc(C)cnc12)(C(=O)O)c1ccccc1. The molecule has 1 unspecified atom stereocenters. The molecule has 7 nitrogen and oxygen atoms in total. The van der Waals surface area contributed by atoms with Crippen LogP contribution in [0.3, 0.4) is 0 Å². The molecule has 1 amide bonds. The summed E-state index contributed by atoms with van der Waals surface area (Å²) in [6.45, 7) is 3.59. The molecule has 2 heterocycles. The van der Waals surface area contributed by atoms with Gasteiger partial charge >= 0.3 is 5.97 Å². The summed E-state index contributed by atoms with van der Waals surface area (Å²) in [4.78, 5) is 29.0. The van der Waals surface area contributed by atoms with E-state index < -0.39 is 17.4 Å². The molecule has 1 atom stereocenters. The van der Waals surface area contributed by atoms with Crippen LogP contribution in [-0.2, 0) is 10.3 Å². The van der Waals surface area contributed by atoms with Crippen molar-refractivity contribution in [3.8, 4) is 0 Å². The summed E-state index contributed by atoms with van der Waals surface area (Å²) in [6.07, 6.45) is 4.98. The van der Waals surface area contributed by atoms with E-state index in [9.17, 15) is 14.7 Å². The Labute approximate surface area is 144 Å². The lowest BCUT2D eigenvalue weighted by atomic mass is 9.87. The van der Waals surface area contributed by atoms with Gasteiger partial charge in [-0.15, -0.1) is 0 Å². The van der Waals surface area contributed by atoms with E-state index in [0.717, 1.165) is 5.56 Å². The molecule has 0 aliphatic rings. The normalized spacial score (nSPS) is 13.4. The van der Waals surface area contributed by atoms with Crippen molar-refractivity contribution in [2.24, 2.45) is 0 Å². The van der Waals surface area contributed by atoms with Crippen molar-refractivity contribution in [3.63, 3.8) is 0 Å². The summed E-state index contributed by atoms with van der Waals surface area (Å²) in [7, 11) is 0. The molecular weight excluding hydrogens is 320 g/mol. The van der Waals surface area contributed by atoms with Crippen LogP contribution in [0, 0.1) is 6.92 Å². The molecule has 0 saturated carbocycles. The summed E-state index contributed by atoms with van der Waals surface area (Å²) in [5.74, 6) is -1.64. The highest BCUT2D eigenvalue weighted by Crippen LogP contribution is 2.26. The van der Waals surface area contributed by atoms with E-state index in [1.807, 2.05) is 6.92 Å². The van der Waals surface area contributed by atoms with Crippen LogP contribution in [0.25, 0.3) is 5.65 Å². The minimum Gasteiger partial charge on any atom is -0.479 e. The van der Waals surface area contributed by atoms with Gasteiger partial charge in [-0.05, 0) is 24.5 Å². The van der Waals surface area contributed by atoms with Gasteiger partial charge in [-0.25, -0.2) is 14.3 Å². The van der Waals surface area contributed by atoms with E-state index in [1.165, 1.54) is 10.7 Å². The molecule has 1 aromatic carbocycles. The van der Waals surface area contributed by atoms with Crippen LogP contribution in [0.15, 0.2) is 48.9 Å². The average molecular weight is 338 g/mol. The van der Waals surface area contributed by atoms with Gasteiger partial charge in [0.2, 0.25) is 0 Å². The number of hydrogen-bond donors (Lipinski definition) is 2. The zero-order valence-electron chi connectivity index (χ0n) is 13.9. The first-order chi connectivity index (χ1) is 12.0. The number of amides is 1. The maximum Gasteiger partial charge on any atom is 0.334 e. The van der Waals surface area contributed by atoms with Crippen molar-refractivity contribution >= 4 is 17.5 Å². The predicted molar refractivity (Wildman–Crippen MR) is 91.2 cm³/mol. The third-order valence-corrected chi connectivity index (χ3v) is 4.22. The number of carboxylic acids is 1. The second-order valence-corrected chi connectivity index (χ2v) is 5.84. The second kappa shape index (κ2) is 6.35. The molecule has 2 N–H and O–H groups in total. The third kappa shape index (κ3) is 2.84. The lowest BCUT2D eigenvalue weighted by Gasteiger charge is -2.29. The first kappa shape index (κ1) is 16.6. The molecule has 0 bridgehead atoms. The van der Waals surface area contributed by atoms with Crippen molar-refractivity contribution < 1.29 is 14.7 Å². The third-order valence-electron chi connectivity index (χ3n) is 4.22. The molecule has 128 valence electrons. The molecule has 7 heteroatoms. The van der Waals surface area contributed by atoms with Crippen LogP contribution in [0.4, 0.5) is 0 Å². The maximum absolute atomic E-state index is 12.8. The minimum absolute atomic E-state index is 0.198. The van der Waals surface area contributed by atoms with Gasteiger partial charge in [-0.1, -0.05) is 37.3 Å². The highest BCUT2D eigenvalue weighted by molar-refractivity contribution is 6.02. The Kier molecular flexibility index (Phi) is 4.22. The van der Waals surface area contributed by atoms with Crippen molar-refractivity contribution in [1.29, 1.82) is 0 Å². The number of rotatable bonds is 5. The Balaban J connectivity index is 2.02. The number of fused-ring (bicyclic) bond motifs is 1. The van der Waals surface area contributed by atoms with Gasteiger partial charge in [-0.2, -0.15) is 5.10 Å². The number of carbonyl (C=O) groups is 2. The number of carboxylic acid groups (broad SMARTS) is 1. The minimum atomic E-state index is -1.52. The molecule has 25 heavy (non-hydrogen) atoms. The van der Waals surface area contributed by atoms with E-state index in [-0.39, 0.29) is 12.0 Å². The second-order valence-electron chi connectivity index (χ2n) is 5.84. The highest BCUT2D eigenvalue weighted by atomic mass is 16.4. The molecule has 0 spiro atoms. The zero-order chi connectivity index (χ0) is 18.0. The van der Waals surface area contributed by atoms with Gasteiger partial charge in [0, 0.05) is 12.4 Å². The maximum atomic E-state index is 12.8. The van der Waals surface area contributed by atoms with Crippen LogP contribution in [0.1, 0.15) is 34.8 Å². The molecule has 0 radical (unpaired) electrons. The van der Waals surface area contributed by atoms with Crippen LogP contribution in [-0.4, -0.2) is 31.6 Å². The average Bonchev–Trinajstić information content (AvgIpc) is 3.03. The van der Waals surface area contributed by atoms with Gasteiger partial charge < -0.3 is 10.4 Å². The van der Waals surface area contributed by atoms with Crippen LogP contribution >= 0.6 is 0 Å². The Hall–Kier alpha value is -3.22. The predicted octanol–water partition coefficient (Wildman–Crippen LogP) is 2.16. The van der Waals surface area contributed by atoms with Crippen LogP contribution < -0.4 is 5.32 Å². The number of nitrogens with zero attached hydrogens (tertiary/aromatic N) is 3. The van der Waals surface area contributed by atoms with Gasteiger partial charge in [-0.3, -0.25) is 4.79 Å². The van der Waals surface area contributed by atoms with E-state index in [1.54, 1.807) is 49.6 Å². The largest absolute Gasteiger partial charge is 0.479 e. The number of aryl methyl sites for hydroxylation is 1. The fourth-order valence-electron chi connectivity index (χ4n) is 2.80. The first-order valence-corrected chi connectivity index (χ1v) is 7.89. The topological polar surface area (TPSA) is 96.6 Å². The summed E-state index contributed by atoms with van der Waals surface area (Å²) in [6, 6.07) is 8.67. The van der Waals surface area contributed by atoms with Crippen molar-refractivity contribution in [3.05, 3.63) is 65.6 Å². The van der Waals surface area contributed by atoms with E-state index in [0.29, 0.717) is 11.2 Å². The Morgan fingerprint density at radius 1 is 1.24 bits per heavy atom. The fraction of sp³-hybridized carbons (Fsp3) is 0.222. The van der Waals surface area contributed by atoms with Gasteiger partial charge in [0.15, 0.2) is 11.2 Å². The van der Waals surface area contributed by atoms with Crippen molar-refractivity contribution in [2.75, 3.05) is 0 Å². The molecule has 0 fully saturated rings. The van der Waals surface area contributed by atoms with Crippen LogP contribution in [0.2, 0.25) is 0 Å². The number of aliphatic carboxylic acids is 1. The standard InChI is InChI=1S/C18H18N4O3/c1-3-18(17(24)25,13-7-5-4-6-8-13)21-16(23)14-10-20-22-11-12(2)9-19-15(14)22/h4-11H,3H2,1-2H3,(H,21,23)(H,24,25). The molecular formula is C18H18N4O3. The Morgan fingerprint density at radius 3 is 2.60 bits per heavy atom. The van der Waals surface area contributed by atoms with Crippen molar-refractivity contribution in [2.45, 2.75) is 25.8 Å². The number of benzene rings is 1. The molecule has 3 rings (SSSR count). The molecule has 0 aliphatic heterocycles. The van der Waals surface area contributed by atoms with E-state index in [4.69, 9.17) is 0 Å². The number of hydrogen-bond acceptors (Lipinski definition) is 4. The molecule has 2 aromatic heterocycles. The summed E-state index contributed by atoms with van der Waals surface area (Å²) in [5, 5.41) is 16.6. The van der Waals surface area contributed by atoms with Gasteiger partial charge in [0.05, 0.1) is 6.20 Å².